The second-order valence-corrected chi connectivity index (χ2v) is 9.57. The molecule has 0 fully saturated rings. The van der Waals surface area contributed by atoms with Gasteiger partial charge in [-0.3, -0.25) is 9.59 Å². The summed E-state index contributed by atoms with van der Waals surface area (Å²) in [6, 6.07) is 17.1. The van der Waals surface area contributed by atoms with Gasteiger partial charge >= 0.3 is 0 Å². The van der Waals surface area contributed by atoms with E-state index in [1.54, 1.807) is 27.8 Å². The van der Waals surface area contributed by atoms with Gasteiger partial charge in [-0.2, -0.15) is 5.10 Å². The van der Waals surface area contributed by atoms with Crippen LogP contribution in [-0.4, -0.2) is 39.1 Å². The molecule has 2 aromatic carbocycles. The minimum atomic E-state index is -0.357. The largest absolute Gasteiger partial charge is 0.331 e. The molecular formula is C26H31FN4O2. The van der Waals surface area contributed by atoms with Crippen LogP contribution in [0, 0.1) is 11.2 Å². The number of halogens is 1. The summed E-state index contributed by atoms with van der Waals surface area (Å²) in [5.74, 6) is -0.305. The number of carbonyl (C=O) groups is 2. The predicted octanol–water partition coefficient (Wildman–Crippen LogP) is 5.29. The second-order valence-electron chi connectivity index (χ2n) is 9.57. The third-order valence-corrected chi connectivity index (χ3v) is 5.06. The van der Waals surface area contributed by atoms with Crippen LogP contribution in [0.15, 0.2) is 60.7 Å². The summed E-state index contributed by atoms with van der Waals surface area (Å²) < 4.78 is 15.0. The molecule has 174 valence electrons. The molecule has 0 saturated carbocycles. The van der Waals surface area contributed by atoms with Crippen molar-refractivity contribution in [2.24, 2.45) is 5.41 Å². The molecule has 33 heavy (non-hydrogen) atoms. The van der Waals surface area contributed by atoms with Gasteiger partial charge in [0.15, 0.2) is 0 Å². The Balaban J connectivity index is 1.88. The molecule has 0 saturated heterocycles. The summed E-state index contributed by atoms with van der Waals surface area (Å²) in [6.45, 7) is 9.71. The molecule has 0 aliphatic heterocycles. The number of amides is 2. The summed E-state index contributed by atoms with van der Waals surface area (Å²) in [6.07, 6.45) is 0.351. The van der Waals surface area contributed by atoms with E-state index in [1.807, 2.05) is 65.0 Å². The van der Waals surface area contributed by atoms with E-state index in [-0.39, 0.29) is 35.6 Å². The Morgan fingerprint density at radius 2 is 1.70 bits per heavy atom. The number of rotatable bonds is 7. The molecule has 0 aliphatic rings. The maximum Gasteiger partial charge on any atom is 0.245 e. The molecule has 1 aromatic heterocycles. The quantitative estimate of drug-likeness (QED) is 0.532. The van der Waals surface area contributed by atoms with Crippen molar-refractivity contribution in [1.82, 2.24) is 14.7 Å². The lowest BCUT2D eigenvalue weighted by Gasteiger charge is -2.29. The highest BCUT2D eigenvalue weighted by Gasteiger charge is 2.25. The number of aromatic nitrogens is 2. The van der Waals surface area contributed by atoms with E-state index in [2.05, 4.69) is 10.4 Å². The zero-order valence-electron chi connectivity index (χ0n) is 19.8. The van der Waals surface area contributed by atoms with Crippen molar-refractivity contribution in [3.8, 4) is 16.9 Å². The molecule has 0 aliphatic carbocycles. The van der Waals surface area contributed by atoms with Gasteiger partial charge in [0.2, 0.25) is 11.8 Å². The van der Waals surface area contributed by atoms with Gasteiger partial charge in [0.1, 0.15) is 18.2 Å². The van der Waals surface area contributed by atoms with Crippen LogP contribution in [0.25, 0.3) is 16.9 Å². The van der Waals surface area contributed by atoms with E-state index in [4.69, 9.17) is 0 Å². The van der Waals surface area contributed by atoms with Gasteiger partial charge in [0.25, 0.3) is 0 Å². The van der Waals surface area contributed by atoms with Gasteiger partial charge in [0, 0.05) is 24.1 Å². The first-order chi connectivity index (χ1) is 15.5. The van der Waals surface area contributed by atoms with Crippen LogP contribution in [0.3, 0.4) is 0 Å². The van der Waals surface area contributed by atoms with Crippen LogP contribution in [0.1, 0.15) is 41.0 Å². The predicted molar refractivity (Wildman–Crippen MR) is 129 cm³/mol. The Bertz CT molecular complexity index is 1100. The average molecular weight is 451 g/mol. The molecule has 0 spiro atoms. The number of hydrogen-bond acceptors (Lipinski definition) is 3. The monoisotopic (exact) mass is 450 g/mol. The molecule has 1 N–H and O–H groups in total. The average Bonchev–Trinajstić information content (AvgIpc) is 3.15. The normalized spacial score (nSPS) is 11.5. The van der Waals surface area contributed by atoms with Crippen molar-refractivity contribution >= 4 is 17.6 Å². The second kappa shape index (κ2) is 9.98. The molecule has 1 heterocycles. The van der Waals surface area contributed by atoms with Crippen LogP contribution in [0.4, 0.5) is 10.2 Å². The van der Waals surface area contributed by atoms with Gasteiger partial charge in [-0.25, -0.2) is 9.07 Å². The standard InChI is InChI=1S/C26H31FN4O2/c1-18(2)30(25(33)16-26(3,4)5)17-24(32)28-23-15-22(19-9-7-6-8-10-19)29-31(23)21-13-11-20(27)12-14-21/h6-15,18H,16-17H2,1-5H3,(H,28,32). The minimum absolute atomic E-state index is 0.0651. The molecule has 0 bridgehead atoms. The lowest BCUT2D eigenvalue weighted by atomic mass is 9.91. The Hall–Kier alpha value is -3.48. The molecule has 0 unspecified atom stereocenters. The zero-order valence-corrected chi connectivity index (χ0v) is 19.8. The topological polar surface area (TPSA) is 67.2 Å². The third kappa shape index (κ3) is 6.51. The van der Waals surface area contributed by atoms with Crippen LogP contribution in [0.5, 0.6) is 0 Å². The molecule has 3 rings (SSSR count). The van der Waals surface area contributed by atoms with E-state index >= 15 is 0 Å². The van der Waals surface area contributed by atoms with Crippen molar-refractivity contribution in [1.29, 1.82) is 0 Å². The molecule has 0 radical (unpaired) electrons. The fourth-order valence-corrected chi connectivity index (χ4v) is 3.45. The van der Waals surface area contributed by atoms with Gasteiger partial charge in [-0.05, 0) is 43.5 Å². The van der Waals surface area contributed by atoms with E-state index in [9.17, 15) is 14.0 Å². The van der Waals surface area contributed by atoms with Crippen molar-refractivity contribution in [2.45, 2.75) is 47.1 Å². The Morgan fingerprint density at radius 1 is 1.06 bits per heavy atom. The van der Waals surface area contributed by atoms with E-state index in [0.29, 0.717) is 23.6 Å². The lowest BCUT2D eigenvalue weighted by Crippen LogP contribution is -2.43. The summed E-state index contributed by atoms with van der Waals surface area (Å²) in [5, 5.41) is 7.52. The lowest BCUT2D eigenvalue weighted by molar-refractivity contribution is -0.138. The van der Waals surface area contributed by atoms with Crippen LogP contribution in [0.2, 0.25) is 0 Å². The molecule has 6 nitrogen and oxygen atoms in total. The van der Waals surface area contributed by atoms with Gasteiger partial charge < -0.3 is 10.2 Å². The van der Waals surface area contributed by atoms with E-state index in [1.165, 1.54) is 12.1 Å². The summed E-state index contributed by atoms with van der Waals surface area (Å²) >= 11 is 0. The number of benzene rings is 2. The number of nitrogens with zero attached hydrogens (tertiary/aromatic N) is 3. The summed E-state index contributed by atoms with van der Waals surface area (Å²) in [4.78, 5) is 27.3. The molecule has 0 atom stereocenters. The number of hydrogen-bond donors (Lipinski definition) is 1. The maximum atomic E-state index is 13.5. The Morgan fingerprint density at radius 3 is 2.27 bits per heavy atom. The van der Waals surface area contributed by atoms with Gasteiger partial charge in [0.05, 0.1) is 11.4 Å². The fourth-order valence-electron chi connectivity index (χ4n) is 3.45. The smallest absolute Gasteiger partial charge is 0.245 e. The number of anilines is 1. The van der Waals surface area contributed by atoms with Crippen molar-refractivity contribution < 1.29 is 14.0 Å². The summed E-state index contributed by atoms with van der Waals surface area (Å²) in [7, 11) is 0. The highest BCUT2D eigenvalue weighted by atomic mass is 19.1. The first-order valence-electron chi connectivity index (χ1n) is 11.0. The fraction of sp³-hybridized carbons (Fsp3) is 0.346. The van der Waals surface area contributed by atoms with Crippen LogP contribution in [-0.2, 0) is 9.59 Å². The highest BCUT2D eigenvalue weighted by molar-refractivity contribution is 5.94. The molecule has 2 amide bonds. The maximum absolute atomic E-state index is 13.5. The van der Waals surface area contributed by atoms with E-state index in [0.717, 1.165) is 5.56 Å². The minimum Gasteiger partial charge on any atom is -0.331 e. The number of carbonyl (C=O) groups excluding carboxylic acids is 2. The first kappa shape index (κ1) is 24.2. The van der Waals surface area contributed by atoms with Gasteiger partial charge in [-0.1, -0.05) is 51.1 Å². The molecule has 3 aromatic rings. The highest BCUT2D eigenvalue weighted by Crippen LogP contribution is 2.25. The SMILES string of the molecule is CC(C)N(CC(=O)Nc1cc(-c2ccccc2)nn1-c1ccc(F)cc1)C(=O)CC(C)(C)C. The van der Waals surface area contributed by atoms with Crippen molar-refractivity contribution in [2.75, 3.05) is 11.9 Å². The summed E-state index contributed by atoms with van der Waals surface area (Å²) in [5.41, 5.74) is 1.99. The number of nitrogens with one attached hydrogen (secondary N) is 1. The van der Waals surface area contributed by atoms with Crippen LogP contribution >= 0.6 is 0 Å². The third-order valence-electron chi connectivity index (χ3n) is 5.06. The van der Waals surface area contributed by atoms with Crippen LogP contribution < -0.4 is 5.32 Å². The first-order valence-corrected chi connectivity index (χ1v) is 11.0. The zero-order chi connectivity index (χ0) is 24.2. The Labute approximate surface area is 194 Å². The van der Waals surface area contributed by atoms with E-state index < -0.39 is 0 Å². The molecule has 7 heteroatoms. The Kier molecular flexibility index (Phi) is 7.31. The molecular weight excluding hydrogens is 419 g/mol. The van der Waals surface area contributed by atoms with Gasteiger partial charge in [-0.15, -0.1) is 0 Å². The van der Waals surface area contributed by atoms with Crippen molar-refractivity contribution in [3.63, 3.8) is 0 Å². The van der Waals surface area contributed by atoms with Crippen molar-refractivity contribution in [3.05, 3.63) is 66.5 Å².